The molecule has 8 aromatic rings. The van der Waals surface area contributed by atoms with Gasteiger partial charge >= 0.3 is 0 Å². The number of nitrogens with zero attached hydrogens (tertiary/aromatic N) is 1. The number of hydrogen-bond acceptors (Lipinski definition) is 1. The molecular formula is C39H25BrNP. The zero-order chi connectivity index (χ0) is 28.0. The summed E-state index contributed by atoms with van der Waals surface area (Å²) in [6.45, 7) is 0. The molecule has 0 saturated carbocycles. The molecule has 8 rings (SSSR count). The van der Waals surface area contributed by atoms with E-state index in [2.05, 4.69) is 168 Å². The molecule has 0 saturated heterocycles. The van der Waals surface area contributed by atoms with Gasteiger partial charge in [-0.3, -0.25) is 0 Å². The van der Waals surface area contributed by atoms with Gasteiger partial charge in [-0.05, 0) is 58.4 Å². The second-order valence-electron chi connectivity index (χ2n) is 10.6. The van der Waals surface area contributed by atoms with Gasteiger partial charge in [-0.1, -0.05) is 149 Å². The highest BCUT2D eigenvalue weighted by Crippen LogP contribution is 2.42. The topological polar surface area (TPSA) is 12.9 Å². The van der Waals surface area contributed by atoms with Crippen molar-refractivity contribution in [1.82, 2.24) is 4.98 Å². The zero-order valence-electron chi connectivity index (χ0n) is 22.7. The predicted octanol–water partition coefficient (Wildman–Crippen LogP) is 9.88. The number of hydrogen-bond donors (Lipinski definition) is 0. The van der Waals surface area contributed by atoms with Gasteiger partial charge in [-0.25, -0.2) is 4.98 Å². The minimum absolute atomic E-state index is 0.757. The molecule has 0 spiro atoms. The second-order valence-corrected chi connectivity index (χ2v) is 13.7. The highest BCUT2D eigenvalue weighted by Gasteiger charge is 2.20. The Hall–Kier alpha value is -4.36. The van der Waals surface area contributed by atoms with Crippen molar-refractivity contribution in [2.24, 2.45) is 0 Å². The summed E-state index contributed by atoms with van der Waals surface area (Å²) in [6.07, 6.45) is 0. The molecule has 1 heterocycles. The van der Waals surface area contributed by atoms with Crippen LogP contribution < -0.4 is 15.9 Å². The summed E-state index contributed by atoms with van der Waals surface area (Å²) in [4.78, 5) is 5.39. The lowest BCUT2D eigenvalue weighted by Gasteiger charge is -2.21. The minimum atomic E-state index is -0.757. The van der Waals surface area contributed by atoms with Gasteiger partial charge in [0, 0.05) is 31.6 Å². The number of halogens is 1. The van der Waals surface area contributed by atoms with Gasteiger partial charge in [-0.2, -0.15) is 0 Å². The third kappa shape index (κ3) is 4.31. The Balaban J connectivity index is 1.48. The molecule has 198 valence electrons. The van der Waals surface area contributed by atoms with Gasteiger partial charge in [0.1, 0.15) is 0 Å². The molecule has 1 aromatic heterocycles. The van der Waals surface area contributed by atoms with Crippen LogP contribution in [0.1, 0.15) is 0 Å². The van der Waals surface area contributed by atoms with Crippen LogP contribution in [0.25, 0.3) is 54.5 Å². The summed E-state index contributed by atoms with van der Waals surface area (Å²) in [6, 6.07) is 54.9. The van der Waals surface area contributed by atoms with Gasteiger partial charge < -0.3 is 0 Å². The van der Waals surface area contributed by atoms with Crippen molar-refractivity contribution in [3.05, 3.63) is 156 Å². The van der Waals surface area contributed by atoms with Crippen molar-refractivity contribution in [2.75, 3.05) is 0 Å². The predicted molar refractivity (Wildman–Crippen MR) is 186 cm³/mol. The van der Waals surface area contributed by atoms with Gasteiger partial charge in [0.2, 0.25) is 0 Å². The lowest BCUT2D eigenvalue weighted by atomic mass is 9.92. The lowest BCUT2D eigenvalue weighted by molar-refractivity contribution is 1.53. The molecule has 7 aromatic carbocycles. The first-order chi connectivity index (χ1) is 20.7. The monoisotopic (exact) mass is 617 g/mol. The number of aromatic nitrogens is 1. The van der Waals surface area contributed by atoms with Gasteiger partial charge in [-0.15, -0.1) is 0 Å². The summed E-state index contributed by atoms with van der Waals surface area (Å²) in [5, 5.41) is 11.1. The molecular weight excluding hydrogens is 593 g/mol. The Bertz CT molecular complexity index is 2130. The van der Waals surface area contributed by atoms with E-state index in [0.717, 1.165) is 15.5 Å². The summed E-state index contributed by atoms with van der Waals surface area (Å²) in [7, 11) is -0.757. The maximum atomic E-state index is 5.39. The van der Waals surface area contributed by atoms with Crippen LogP contribution in [0.2, 0.25) is 0 Å². The largest absolute Gasteiger partial charge is 0.246 e. The molecule has 42 heavy (non-hydrogen) atoms. The number of rotatable bonds is 4. The standard InChI is InChI=1S/C39H25BrNP/c40-29-23-28(24-32(25-29)42(30-13-3-1-4-14-30)31-15-5-2-6-16-31)37-35-21-19-26-11-7-9-17-33(26)38(35)41-39-34-18-10-8-12-27(34)20-22-36(37)39/h1-25H. The first kappa shape index (κ1) is 25.4. The zero-order valence-corrected chi connectivity index (χ0v) is 25.2. The average molecular weight is 619 g/mol. The Kier molecular flexibility index (Phi) is 6.33. The van der Waals surface area contributed by atoms with Crippen molar-refractivity contribution in [2.45, 2.75) is 0 Å². The highest BCUT2D eigenvalue weighted by molar-refractivity contribution is 9.10. The van der Waals surface area contributed by atoms with Crippen LogP contribution in [0, 0.1) is 0 Å². The molecule has 0 amide bonds. The van der Waals surface area contributed by atoms with Crippen LogP contribution in [0.5, 0.6) is 0 Å². The van der Waals surface area contributed by atoms with Crippen molar-refractivity contribution in [1.29, 1.82) is 0 Å². The van der Waals surface area contributed by atoms with E-state index in [1.54, 1.807) is 0 Å². The molecule has 3 heteroatoms. The van der Waals surface area contributed by atoms with Crippen molar-refractivity contribution in [3.8, 4) is 11.1 Å². The maximum Gasteiger partial charge on any atom is 0.0794 e. The molecule has 0 bridgehead atoms. The fourth-order valence-corrected chi connectivity index (χ4v) is 9.21. The van der Waals surface area contributed by atoms with Crippen LogP contribution in [-0.4, -0.2) is 4.98 Å². The fourth-order valence-electron chi connectivity index (χ4n) is 6.17. The molecule has 0 atom stereocenters. The van der Waals surface area contributed by atoms with Crippen molar-refractivity contribution < 1.29 is 0 Å². The summed E-state index contributed by atoms with van der Waals surface area (Å²) in [5.41, 5.74) is 4.51. The Morgan fingerprint density at radius 1 is 0.429 bits per heavy atom. The molecule has 0 aliphatic carbocycles. The third-order valence-corrected chi connectivity index (χ3v) is 10.9. The smallest absolute Gasteiger partial charge is 0.0794 e. The fraction of sp³-hybridized carbons (Fsp3) is 0. The Morgan fingerprint density at radius 3 is 1.48 bits per heavy atom. The number of fused-ring (bicyclic) bond motifs is 6. The first-order valence-corrected chi connectivity index (χ1v) is 16.2. The molecule has 1 nitrogen and oxygen atoms in total. The lowest BCUT2D eigenvalue weighted by Crippen LogP contribution is -2.20. The van der Waals surface area contributed by atoms with E-state index in [1.807, 2.05) is 0 Å². The number of benzene rings is 7. The highest BCUT2D eigenvalue weighted by atomic mass is 79.9. The van der Waals surface area contributed by atoms with Crippen molar-refractivity contribution in [3.63, 3.8) is 0 Å². The molecule has 0 aliphatic rings. The maximum absolute atomic E-state index is 5.39. The van der Waals surface area contributed by atoms with Crippen LogP contribution in [0.3, 0.4) is 0 Å². The van der Waals surface area contributed by atoms with E-state index in [4.69, 9.17) is 4.98 Å². The van der Waals surface area contributed by atoms with E-state index < -0.39 is 7.92 Å². The average Bonchev–Trinajstić information content (AvgIpc) is 3.04. The van der Waals surface area contributed by atoms with Crippen LogP contribution in [0.15, 0.2) is 156 Å². The summed E-state index contributed by atoms with van der Waals surface area (Å²) >= 11 is 3.93. The molecule has 0 unspecified atom stereocenters. The third-order valence-electron chi connectivity index (χ3n) is 8.02. The van der Waals surface area contributed by atoms with Crippen LogP contribution >= 0.6 is 23.9 Å². The van der Waals surface area contributed by atoms with E-state index in [9.17, 15) is 0 Å². The quantitative estimate of drug-likeness (QED) is 0.109. The van der Waals surface area contributed by atoms with Crippen LogP contribution in [0.4, 0.5) is 0 Å². The number of pyridine rings is 1. The SMILES string of the molecule is Brc1cc(-c2c3ccc4ccccc4c3nc3c2ccc2ccccc23)cc(P(c2ccccc2)c2ccccc2)c1. The van der Waals surface area contributed by atoms with Gasteiger partial charge in [0.25, 0.3) is 0 Å². The Labute approximate surface area is 254 Å². The summed E-state index contributed by atoms with van der Waals surface area (Å²) < 4.78 is 1.08. The van der Waals surface area contributed by atoms with E-state index in [0.29, 0.717) is 0 Å². The van der Waals surface area contributed by atoms with E-state index in [1.165, 1.54) is 59.4 Å². The van der Waals surface area contributed by atoms with Crippen molar-refractivity contribution >= 4 is 83.1 Å². The normalized spacial score (nSPS) is 11.7. The molecule has 0 N–H and O–H groups in total. The van der Waals surface area contributed by atoms with Gasteiger partial charge in [0.15, 0.2) is 0 Å². The van der Waals surface area contributed by atoms with E-state index in [-0.39, 0.29) is 0 Å². The molecule has 0 radical (unpaired) electrons. The van der Waals surface area contributed by atoms with Gasteiger partial charge in [0.05, 0.1) is 11.0 Å². The summed E-state index contributed by atoms with van der Waals surface area (Å²) in [5.74, 6) is 0. The van der Waals surface area contributed by atoms with E-state index >= 15 is 0 Å². The Morgan fingerprint density at radius 2 is 0.929 bits per heavy atom. The first-order valence-electron chi connectivity index (χ1n) is 14.1. The molecule has 0 fully saturated rings. The second kappa shape index (κ2) is 10.5. The van der Waals surface area contributed by atoms with Crippen LogP contribution in [-0.2, 0) is 0 Å². The molecule has 0 aliphatic heterocycles. The minimum Gasteiger partial charge on any atom is -0.246 e.